The Balaban J connectivity index is 2.56. The Hall–Kier alpha value is -2.87. The minimum absolute atomic E-state index is 0.477. The van der Waals surface area contributed by atoms with E-state index < -0.39 is 72.6 Å². The third-order valence-corrected chi connectivity index (χ3v) is 4.12. The number of aromatic nitrogens is 4. The first-order valence-corrected chi connectivity index (χ1v) is 9.12. The van der Waals surface area contributed by atoms with E-state index in [2.05, 4.69) is 19.9 Å². The summed E-state index contributed by atoms with van der Waals surface area (Å²) in [5.74, 6) is -2.21. The molecule has 2 unspecified atom stereocenters. The van der Waals surface area contributed by atoms with Gasteiger partial charge in [0.2, 0.25) is 11.9 Å². The van der Waals surface area contributed by atoms with E-state index in [9.17, 15) is 39.5 Å². The van der Waals surface area contributed by atoms with Crippen molar-refractivity contribution >= 4 is 11.9 Å². The van der Waals surface area contributed by atoms with Gasteiger partial charge < -0.3 is 10.6 Å². The molecular weight excluding hydrogens is 459 g/mol. The zero-order chi connectivity index (χ0) is 24.3. The van der Waals surface area contributed by atoms with Gasteiger partial charge in [-0.25, -0.2) is 4.98 Å². The van der Waals surface area contributed by atoms with Crippen LogP contribution in [-0.4, -0.2) is 44.4 Å². The Labute approximate surface area is 175 Å². The van der Waals surface area contributed by atoms with Gasteiger partial charge in [-0.15, -0.1) is 0 Å². The zero-order valence-corrected chi connectivity index (χ0v) is 16.5. The van der Waals surface area contributed by atoms with Gasteiger partial charge in [0.15, 0.2) is 5.82 Å². The maximum atomic E-state index is 13.1. The lowest BCUT2D eigenvalue weighted by Gasteiger charge is -2.22. The van der Waals surface area contributed by atoms with E-state index >= 15 is 0 Å². The molecule has 0 radical (unpaired) electrons. The highest BCUT2D eigenvalue weighted by Crippen LogP contribution is 2.30. The lowest BCUT2D eigenvalue weighted by Crippen LogP contribution is -2.37. The number of pyridine rings is 1. The monoisotopic (exact) mass is 476 g/mol. The van der Waals surface area contributed by atoms with Crippen LogP contribution in [0.25, 0.3) is 11.5 Å². The van der Waals surface area contributed by atoms with Gasteiger partial charge in [-0.3, -0.25) is 0 Å². The van der Waals surface area contributed by atoms with Crippen LogP contribution in [0.3, 0.4) is 0 Å². The van der Waals surface area contributed by atoms with Crippen molar-refractivity contribution in [2.45, 2.75) is 57.3 Å². The maximum absolute atomic E-state index is 13.1. The number of anilines is 2. The quantitative estimate of drug-likeness (QED) is 0.517. The molecule has 2 rings (SSSR count). The van der Waals surface area contributed by atoms with Crippen LogP contribution < -0.4 is 10.6 Å². The summed E-state index contributed by atoms with van der Waals surface area (Å²) in [6, 6.07) is -1.71. The summed E-state index contributed by atoms with van der Waals surface area (Å²) in [5.41, 5.74) is -1.86. The van der Waals surface area contributed by atoms with Crippen LogP contribution in [0.1, 0.15) is 32.4 Å². The van der Waals surface area contributed by atoms with Gasteiger partial charge >= 0.3 is 18.5 Å². The standard InChI is InChI=1S/C17H17F9N6/c1-3-9(15(18,19)20)28-13-30-12(8-6-5-7-11(27-8)17(24,25)26)31-14(32-13)29-10(4-2)16(21,22)23/h5-7,9-10H,3-4H2,1-2H3,(H2,28,29,30,31,32). The summed E-state index contributed by atoms with van der Waals surface area (Å²) in [6.07, 6.45) is -15.3. The van der Waals surface area contributed by atoms with Crippen LogP contribution in [-0.2, 0) is 6.18 Å². The molecule has 32 heavy (non-hydrogen) atoms. The largest absolute Gasteiger partial charge is 0.433 e. The average Bonchev–Trinajstić information content (AvgIpc) is 2.67. The maximum Gasteiger partial charge on any atom is 0.433 e. The van der Waals surface area contributed by atoms with Crippen molar-refractivity contribution in [1.82, 2.24) is 19.9 Å². The molecule has 2 N–H and O–H groups in total. The number of hydrogen-bond donors (Lipinski definition) is 2. The minimum atomic E-state index is -4.85. The molecule has 15 heteroatoms. The van der Waals surface area contributed by atoms with Gasteiger partial charge in [-0.2, -0.15) is 54.5 Å². The fourth-order valence-electron chi connectivity index (χ4n) is 2.48. The predicted molar refractivity (Wildman–Crippen MR) is 95.6 cm³/mol. The molecule has 0 amide bonds. The minimum Gasteiger partial charge on any atom is -0.342 e. The summed E-state index contributed by atoms with van der Waals surface area (Å²) in [4.78, 5) is 14.1. The molecule has 2 aromatic rings. The highest BCUT2D eigenvalue weighted by atomic mass is 19.4. The van der Waals surface area contributed by atoms with Gasteiger partial charge in [-0.1, -0.05) is 19.9 Å². The number of nitrogens with zero attached hydrogens (tertiary/aromatic N) is 4. The Morgan fingerprint density at radius 3 is 1.56 bits per heavy atom. The molecule has 2 heterocycles. The molecular formula is C17H17F9N6. The van der Waals surface area contributed by atoms with Gasteiger partial charge in [0.1, 0.15) is 23.5 Å². The van der Waals surface area contributed by atoms with E-state index in [0.717, 1.165) is 12.1 Å². The summed E-state index contributed by atoms with van der Waals surface area (Å²) in [5, 5.41) is 3.87. The summed E-state index contributed by atoms with van der Waals surface area (Å²) < 4.78 is 117. The Morgan fingerprint density at radius 1 is 0.719 bits per heavy atom. The summed E-state index contributed by atoms with van der Waals surface area (Å²) in [6.45, 7) is 2.38. The second kappa shape index (κ2) is 9.32. The third-order valence-electron chi connectivity index (χ3n) is 4.12. The van der Waals surface area contributed by atoms with E-state index in [1.807, 2.05) is 10.6 Å². The van der Waals surface area contributed by atoms with Crippen LogP contribution in [0.5, 0.6) is 0 Å². The molecule has 0 saturated carbocycles. The molecule has 0 aromatic carbocycles. The number of hydrogen-bond acceptors (Lipinski definition) is 6. The third kappa shape index (κ3) is 6.56. The molecule has 6 nitrogen and oxygen atoms in total. The second-order valence-corrected chi connectivity index (χ2v) is 6.51. The summed E-state index contributed by atoms with van der Waals surface area (Å²) >= 11 is 0. The number of alkyl halides is 9. The molecule has 0 fully saturated rings. The van der Waals surface area contributed by atoms with Crippen LogP contribution in [0.4, 0.5) is 51.4 Å². The SMILES string of the molecule is CCC(Nc1nc(NC(CC)C(F)(F)F)nc(-c2cccc(C(F)(F)F)n2)n1)C(F)(F)F. The van der Waals surface area contributed by atoms with E-state index in [0.29, 0.717) is 6.07 Å². The Bertz CT molecular complexity index is 868. The predicted octanol–water partition coefficient (Wildman–Crippen LogP) is 5.46. The lowest BCUT2D eigenvalue weighted by molar-refractivity contribution is -0.143. The second-order valence-electron chi connectivity index (χ2n) is 6.51. The van der Waals surface area contributed by atoms with Crippen molar-refractivity contribution < 1.29 is 39.5 Å². The molecule has 0 aliphatic heterocycles. The van der Waals surface area contributed by atoms with Crippen molar-refractivity contribution in [3.63, 3.8) is 0 Å². The molecule has 178 valence electrons. The number of halogens is 9. The normalized spacial score (nSPS) is 14.7. The van der Waals surface area contributed by atoms with Crippen molar-refractivity contribution in [1.29, 1.82) is 0 Å². The zero-order valence-electron chi connectivity index (χ0n) is 16.5. The molecule has 2 atom stereocenters. The van der Waals surface area contributed by atoms with Crippen LogP contribution in [0.15, 0.2) is 18.2 Å². The van der Waals surface area contributed by atoms with Gasteiger partial charge in [0, 0.05) is 0 Å². The van der Waals surface area contributed by atoms with Crippen molar-refractivity contribution in [2.24, 2.45) is 0 Å². The fraction of sp³-hybridized carbons (Fsp3) is 0.529. The van der Waals surface area contributed by atoms with E-state index in [1.54, 1.807) is 0 Å². The lowest BCUT2D eigenvalue weighted by atomic mass is 10.2. The van der Waals surface area contributed by atoms with Crippen molar-refractivity contribution in [3.05, 3.63) is 23.9 Å². The smallest absolute Gasteiger partial charge is 0.342 e. The topological polar surface area (TPSA) is 75.6 Å². The Morgan fingerprint density at radius 2 is 1.19 bits per heavy atom. The Kier molecular flexibility index (Phi) is 7.40. The van der Waals surface area contributed by atoms with Crippen LogP contribution in [0, 0.1) is 0 Å². The first kappa shape index (κ1) is 25.4. The molecule has 2 aromatic heterocycles. The van der Waals surface area contributed by atoms with Gasteiger partial charge in [-0.05, 0) is 25.0 Å². The molecule has 0 spiro atoms. The molecule has 0 saturated heterocycles. The first-order chi connectivity index (χ1) is 14.6. The van der Waals surface area contributed by atoms with E-state index in [-0.39, 0.29) is 0 Å². The van der Waals surface area contributed by atoms with Gasteiger partial charge in [0.05, 0.1) is 0 Å². The van der Waals surface area contributed by atoms with Crippen LogP contribution >= 0.6 is 0 Å². The van der Waals surface area contributed by atoms with E-state index in [4.69, 9.17) is 0 Å². The van der Waals surface area contributed by atoms with E-state index in [1.165, 1.54) is 13.8 Å². The molecule has 0 aliphatic carbocycles. The molecule has 0 bridgehead atoms. The van der Waals surface area contributed by atoms with Crippen molar-refractivity contribution in [3.8, 4) is 11.5 Å². The van der Waals surface area contributed by atoms with Crippen molar-refractivity contribution in [2.75, 3.05) is 10.6 Å². The highest BCUT2D eigenvalue weighted by Gasteiger charge is 2.40. The average molecular weight is 476 g/mol. The number of nitrogens with one attached hydrogen (secondary N) is 2. The van der Waals surface area contributed by atoms with Gasteiger partial charge in [0.25, 0.3) is 0 Å². The first-order valence-electron chi connectivity index (χ1n) is 9.12. The summed E-state index contributed by atoms with van der Waals surface area (Å²) in [7, 11) is 0. The number of rotatable bonds is 7. The highest BCUT2D eigenvalue weighted by molar-refractivity contribution is 5.54. The molecule has 0 aliphatic rings. The van der Waals surface area contributed by atoms with Crippen LogP contribution in [0.2, 0.25) is 0 Å². The fourth-order valence-corrected chi connectivity index (χ4v) is 2.48.